The van der Waals surface area contributed by atoms with Crippen molar-refractivity contribution in [3.8, 4) is 0 Å². The van der Waals surface area contributed by atoms with Crippen LogP contribution in [-0.2, 0) is 9.59 Å². The molecule has 5 heteroatoms. The van der Waals surface area contributed by atoms with Gasteiger partial charge < -0.3 is 10.2 Å². The van der Waals surface area contributed by atoms with Crippen molar-refractivity contribution in [3.63, 3.8) is 0 Å². The normalized spacial score (nSPS) is 22.4. The summed E-state index contributed by atoms with van der Waals surface area (Å²) in [5, 5.41) is 3.44. The standard InChI is InChI=1S/C19H23ClN2O2/c1-4-14-18-13(9-19(2,3)10-16(18)23)21-12-7-5-6-8-15(12)22(14)17(24)11-20/h5-8,14,21H,4,9-11H2,1-3H3/t14-/m1/s1. The maximum atomic E-state index is 12.9. The highest BCUT2D eigenvalue weighted by molar-refractivity contribution is 6.30. The van der Waals surface area contributed by atoms with Gasteiger partial charge in [-0.25, -0.2) is 0 Å². The lowest BCUT2D eigenvalue weighted by Gasteiger charge is -2.36. The van der Waals surface area contributed by atoms with Gasteiger partial charge in [0.25, 0.3) is 0 Å². The molecule has 1 atom stereocenters. The number of ketones is 1. The van der Waals surface area contributed by atoms with Gasteiger partial charge >= 0.3 is 0 Å². The molecule has 24 heavy (non-hydrogen) atoms. The Bertz CT molecular complexity index is 724. The summed E-state index contributed by atoms with van der Waals surface area (Å²) in [5.41, 5.74) is 3.24. The Morgan fingerprint density at radius 2 is 2.04 bits per heavy atom. The summed E-state index contributed by atoms with van der Waals surface area (Å²) < 4.78 is 0. The minimum atomic E-state index is -0.272. The number of benzene rings is 1. The zero-order valence-corrected chi connectivity index (χ0v) is 15.1. The van der Waals surface area contributed by atoms with Crippen LogP contribution in [0.4, 0.5) is 11.4 Å². The number of hydrogen-bond donors (Lipinski definition) is 1. The Kier molecular flexibility index (Phi) is 4.43. The first-order valence-corrected chi connectivity index (χ1v) is 8.91. The number of para-hydroxylation sites is 2. The average molecular weight is 347 g/mol. The number of hydrogen-bond acceptors (Lipinski definition) is 3. The molecule has 1 heterocycles. The third kappa shape index (κ3) is 2.84. The molecular formula is C19H23ClN2O2. The van der Waals surface area contributed by atoms with Gasteiger partial charge in [0.05, 0.1) is 17.4 Å². The molecule has 0 saturated heterocycles. The summed E-state index contributed by atoms with van der Waals surface area (Å²) in [6.07, 6.45) is 1.97. The number of Topliss-reactive ketones (excluding diaryl/α,β-unsaturated/α-hetero) is 1. The number of rotatable bonds is 2. The number of anilines is 2. The van der Waals surface area contributed by atoms with Crippen molar-refractivity contribution in [2.75, 3.05) is 16.1 Å². The second kappa shape index (κ2) is 6.25. The highest BCUT2D eigenvalue weighted by atomic mass is 35.5. The van der Waals surface area contributed by atoms with Crippen LogP contribution in [0.2, 0.25) is 0 Å². The molecule has 0 fully saturated rings. The molecule has 1 aliphatic carbocycles. The molecule has 1 aromatic carbocycles. The molecule has 0 bridgehead atoms. The van der Waals surface area contributed by atoms with E-state index in [1.807, 2.05) is 31.2 Å². The van der Waals surface area contributed by atoms with Crippen LogP contribution in [0.1, 0.15) is 40.0 Å². The fourth-order valence-corrected chi connectivity index (χ4v) is 3.97. The molecule has 1 N–H and O–H groups in total. The Labute approximate surface area is 147 Å². The lowest BCUT2D eigenvalue weighted by Crippen LogP contribution is -2.45. The van der Waals surface area contributed by atoms with Crippen LogP contribution in [-0.4, -0.2) is 23.6 Å². The van der Waals surface area contributed by atoms with E-state index in [4.69, 9.17) is 11.6 Å². The minimum absolute atomic E-state index is 0.0815. The van der Waals surface area contributed by atoms with E-state index in [0.717, 1.165) is 29.1 Å². The summed E-state index contributed by atoms with van der Waals surface area (Å²) in [7, 11) is 0. The van der Waals surface area contributed by atoms with Crippen molar-refractivity contribution >= 4 is 34.7 Å². The van der Waals surface area contributed by atoms with Gasteiger partial charge in [-0.2, -0.15) is 0 Å². The average Bonchev–Trinajstić information content (AvgIpc) is 2.66. The van der Waals surface area contributed by atoms with Gasteiger partial charge in [0.1, 0.15) is 5.88 Å². The monoisotopic (exact) mass is 346 g/mol. The number of fused-ring (bicyclic) bond motifs is 1. The van der Waals surface area contributed by atoms with Gasteiger partial charge in [0.15, 0.2) is 5.78 Å². The number of allylic oxidation sites excluding steroid dienone is 1. The third-order valence-electron chi connectivity index (χ3n) is 4.78. The highest BCUT2D eigenvalue weighted by Crippen LogP contribution is 2.44. The summed E-state index contributed by atoms with van der Waals surface area (Å²) >= 11 is 5.87. The Balaban J connectivity index is 2.21. The molecule has 128 valence electrons. The van der Waals surface area contributed by atoms with Crippen molar-refractivity contribution in [3.05, 3.63) is 35.5 Å². The van der Waals surface area contributed by atoms with Gasteiger partial charge in [-0.3, -0.25) is 9.59 Å². The minimum Gasteiger partial charge on any atom is -0.357 e. The maximum absolute atomic E-state index is 12.9. The third-order valence-corrected chi connectivity index (χ3v) is 5.01. The largest absolute Gasteiger partial charge is 0.357 e. The number of nitrogens with one attached hydrogen (secondary N) is 1. The quantitative estimate of drug-likeness (QED) is 0.820. The zero-order valence-electron chi connectivity index (χ0n) is 14.4. The second-order valence-electron chi connectivity index (χ2n) is 7.30. The first kappa shape index (κ1) is 17.0. The van der Waals surface area contributed by atoms with Crippen LogP contribution < -0.4 is 10.2 Å². The molecule has 0 spiro atoms. The topological polar surface area (TPSA) is 49.4 Å². The fraction of sp³-hybridized carbons (Fsp3) is 0.474. The SMILES string of the molecule is CC[C@@H]1C2=C(CC(C)(C)CC2=O)Nc2ccccc2N1C(=O)CCl. The van der Waals surface area contributed by atoms with Crippen LogP contribution in [0.5, 0.6) is 0 Å². The van der Waals surface area contributed by atoms with E-state index in [1.54, 1.807) is 4.90 Å². The molecular weight excluding hydrogens is 324 g/mol. The van der Waals surface area contributed by atoms with Crippen molar-refractivity contribution in [2.24, 2.45) is 5.41 Å². The molecule has 3 rings (SSSR count). The number of amides is 1. The van der Waals surface area contributed by atoms with E-state index in [2.05, 4.69) is 19.2 Å². The van der Waals surface area contributed by atoms with Crippen LogP contribution in [0.3, 0.4) is 0 Å². The molecule has 0 radical (unpaired) electrons. The maximum Gasteiger partial charge on any atom is 0.242 e. The van der Waals surface area contributed by atoms with Gasteiger partial charge in [-0.15, -0.1) is 11.6 Å². The zero-order chi connectivity index (χ0) is 17.5. The van der Waals surface area contributed by atoms with Crippen molar-refractivity contribution in [1.29, 1.82) is 0 Å². The molecule has 2 aliphatic rings. The smallest absolute Gasteiger partial charge is 0.242 e. The summed E-state index contributed by atoms with van der Waals surface area (Å²) in [4.78, 5) is 27.2. The van der Waals surface area contributed by atoms with Gasteiger partial charge in [-0.05, 0) is 30.4 Å². The molecule has 4 nitrogen and oxygen atoms in total. The molecule has 1 aliphatic heterocycles. The van der Waals surface area contributed by atoms with Crippen LogP contribution in [0.15, 0.2) is 35.5 Å². The van der Waals surface area contributed by atoms with E-state index >= 15 is 0 Å². The molecule has 0 unspecified atom stereocenters. The van der Waals surface area contributed by atoms with Crippen molar-refractivity contribution in [1.82, 2.24) is 0 Å². The van der Waals surface area contributed by atoms with Crippen LogP contribution >= 0.6 is 11.6 Å². The number of nitrogens with zero attached hydrogens (tertiary/aromatic N) is 1. The Hall–Kier alpha value is -1.81. The fourth-order valence-electron chi connectivity index (χ4n) is 3.84. The van der Waals surface area contributed by atoms with E-state index < -0.39 is 0 Å². The van der Waals surface area contributed by atoms with E-state index in [-0.39, 0.29) is 29.0 Å². The van der Waals surface area contributed by atoms with E-state index in [1.165, 1.54) is 0 Å². The second-order valence-corrected chi connectivity index (χ2v) is 7.56. The highest BCUT2D eigenvalue weighted by Gasteiger charge is 2.41. The Morgan fingerprint density at radius 3 is 2.71 bits per heavy atom. The molecule has 1 amide bonds. The summed E-state index contributed by atoms with van der Waals surface area (Å²) in [6, 6.07) is 7.41. The Morgan fingerprint density at radius 1 is 1.33 bits per heavy atom. The number of carbonyl (C=O) groups is 2. The molecule has 0 aromatic heterocycles. The summed E-state index contributed by atoms with van der Waals surface area (Å²) in [5.74, 6) is -0.155. The number of carbonyl (C=O) groups excluding carboxylic acids is 2. The van der Waals surface area contributed by atoms with Crippen LogP contribution in [0.25, 0.3) is 0 Å². The van der Waals surface area contributed by atoms with E-state index in [0.29, 0.717) is 12.8 Å². The van der Waals surface area contributed by atoms with Crippen LogP contribution in [0, 0.1) is 5.41 Å². The molecule has 0 saturated carbocycles. The molecule has 1 aromatic rings. The van der Waals surface area contributed by atoms with Gasteiger partial charge in [0, 0.05) is 17.7 Å². The van der Waals surface area contributed by atoms with Crippen molar-refractivity contribution in [2.45, 2.75) is 46.1 Å². The summed E-state index contributed by atoms with van der Waals surface area (Å²) in [6.45, 7) is 6.22. The van der Waals surface area contributed by atoms with E-state index in [9.17, 15) is 9.59 Å². The van der Waals surface area contributed by atoms with Crippen molar-refractivity contribution < 1.29 is 9.59 Å². The number of alkyl halides is 1. The first-order chi connectivity index (χ1) is 11.4. The lowest BCUT2D eigenvalue weighted by molar-refractivity contribution is -0.118. The number of halogens is 1. The predicted molar refractivity (Wildman–Crippen MR) is 97.4 cm³/mol. The first-order valence-electron chi connectivity index (χ1n) is 8.38. The van der Waals surface area contributed by atoms with Gasteiger partial charge in [-0.1, -0.05) is 32.9 Å². The lowest BCUT2D eigenvalue weighted by atomic mass is 9.74. The predicted octanol–water partition coefficient (Wildman–Crippen LogP) is 4.11. The van der Waals surface area contributed by atoms with Gasteiger partial charge in [0.2, 0.25) is 5.91 Å².